The van der Waals surface area contributed by atoms with Crippen molar-refractivity contribution in [1.82, 2.24) is 10.2 Å². The van der Waals surface area contributed by atoms with Gasteiger partial charge in [-0.05, 0) is 50.6 Å². The number of hydrogen-bond acceptors (Lipinski definition) is 3. The second kappa shape index (κ2) is 9.37. The highest BCUT2D eigenvalue weighted by Crippen LogP contribution is 2.12. The Morgan fingerprint density at radius 3 is 2.55 bits per heavy atom. The highest BCUT2D eigenvalue weighted by molar-refractivity contribution is 5.75. The van der Waals surface area contributed by atoms with Crippen molar-refractivity contribution in [3.05, 3.63) is 29.8 Å². The van der Waals surface area contributed by atoms with Crippen molar-refractivity contribution in [3.63, 3.8) is 0 Å². The molecule has 0 radical (unpaired) electrons. The first kappa shape index (κ1) is 16.5. The van der Waals surface area contributed by atoms with E-state index in [0.29, 0.717) is 6.42 Å². The molecule has 0 saturated carbocycles. The Kier molecular flexibility index (Phi) is 7.73. The van der Waals surface area contributed by atoms with Crippen LogP contribution in [0.2, 0.25) is 0 Å². The highest BCUT2D eigenvalue weighted by atomic mass is 16.5. The Hall–Kier alpha value is -1.55. The summed E-state index contributed by atoms with van der Waals surface area (Å²) < 4.78 is 5.13. The van der Waals surface area contributed by atoms with Gasteiger partial charge in [0.25, 0.3) is 0 Å². The van der Waals surface area contributed by atoms with Crippen molar-refractivity contribution in [3.8, 4) is 5.75 Å². The summed E-state index contributed by atoms with van der Waals surface area (Å²) in [6.07, 6.45) is 3.50. The Balaban J connectivity index is 2.23. The number of rotatable bonds is 9. The van der Waals surface area contributed by atoms with Crippen LogP contribution in [0.25, 0.3) is 0 Å². The molecule has 0 aliphatic heterocycles. The zero-order valence-electron chi connectivity index (χ0n) is 12.8. The number of amides is 1. The molecule has 4 heteroatoms. The average molecular weight is 278 g/mol. The van der Waals surface area contributed by atoms with Gasteiger partial charge in [-0.2, -0.15) is 0 Å². The molecule has 0 aliphatic carbocycles. The minimum absolute atomic E-state index is 0.231. The van der Waals surface area contributed by atoms with E-state index in [0.717, 1.165) is 38.1 Å². The number of nitrogens with zero attached hydrogens (tertiary/aromatic N) is 1. The van der Waals surface area contributed by atoms with Crippen molar-refractivity contribution in [2.45, 2.75) is 25.7 Å². The lowest BCUT2D eigenvalue weighted by Gasteiger charge is -2.17. The van der Waals surface area contributed by atoms with Crippen LogP contribution >= 0.6 is 0 Å². The van der Waals surface area contributed by atoms with Crippen LogP contribution < -0.4 is 10.1 Å². The van der Waals surface area contributed by atoms with Gasteiger partial charge in [-0.3, -0.25) is 4.79 Å². The van der Waals surface area contributed by atoms with Gasteiger partial charge in [0, 0.05) is 20.0 Å². The Morgan fingerprint density at radius 2 is 1.95 bits per heavy atom. The van der Waals surface area contributed by atoms with Crippen LogP contribution in [-0.4, -0.2) is 45.1 Å². The van der Waals surface area contributed by atoms with Crippen LogP contribution in [-0.2, 0) is 11.2 Å². The van der Waals surface area contributed by atoms with Crippen LogP contribution in [0.15, 0.2) is 24.3 Å². The first-order valence-electron chi connectivity index (χ1n) is 7.19. The SMILES string of the molecule is CNCCCC(=O)N(C)CCCc1ccc(OC)cc1. The highest BCUT2D eigenvalue weighted by Gasteiger charge is 2.07. The molecular weight excluding hydrogens is 252 g/mol. The summed E-state index contributed by atoms with van der Waals surface area (Å²) in [5, 5.41) is 3.06. The third kappa shape index (κ3) is 6.06. The fraction of sp³-hybridized carbons (Fsp3) is 0.562. The summed E-state index contributed by atoms with van der Waals surface area (Å²) in [5.74, 6) is 1.11. The molecular formula is C16H26N2O2. The van der Waals surface area contributed by atoms with E-state index in [1.165, 1.54) is 5.56 Å². The quantitative estimate of drug-likeness (QED) is 0.703. The van der Waals surface area contributed by atoms with E-state index in [4.69, 9.17) is 4.74 Å². The number of nitrogens with one attached hydrogen (secondary N) is 1. The fourth-order valence-electron chi connectivity index (χ4n) is 2.04. The molecule has 1 amide bonds. The van der Waals surface area contributed by atoms with E-state index >= 15 is 0 Å². The van der Waals surface area contributed by atoms with Crippen molar-refractivity contribution in [2.24, 2.45) is 0 Å². The number of ether oxygens (including phenoxy) is 1. The minimum atomic E-state index is 0.231. The summed E-state index contributed by atoms with van der Waals surface area (Å²) in [6.45, 7) is 1.70. The summed E-state index contributed by atoms with van der Waals surface area (Å²) in [7, 11) is 5.46. The number of carbonyl (C=O) groups is 1. The van der Waals surface area contributed by atoms with E-state index < -0.39 is 0 Å². The molecule has 0 aromatic heterocycles. The zero-order chi connectivity index (χ0) is 14.8. The molecule has 20 heavy (non-hydrogen) atoms. The van der Waals surface area contributed by atoms with E-state index in [1.54, 1.807) is 7.11 Å². The van der Waals surface area contributed by atoms with Crippen LogP contribution in [0.3, 0.4) is 0 Å². The van der Waals surface area contributed by atoms with Crippen LogP contribution in [0.5, 0.6) is 5.75 Å². The van der Waals surface area contributed by atoms with Crippen molar-refractivity contribution in [2.75, 3.05) is 34.3 Å². The van der Waals surface area contributed by atoms with Gasteiger partial charge in [0.2, 0.25) is 5.91 Å². The van der Waals surface area contributed by atoms with Gasteiger partial charge in [0.15, 0.2) is 0 Å². The number of methoxy groups -OCH3 is 1. The maximum absolute atomic E-state index is 11.8. The molecule has 0 heterocycles. The van der Waals surface area contributed by atoms with E-state index in [2.05, 4.69) is 17.4 Å². The molecule has 0 spiro atoms. The normalized spacial score (nSPS) is 10.3. The van der Waals surface area contributed by atoms with Crippen LogP contribution in [0.4, 0.5) is 0 Å². The lowest BCUT2D eigenvalue weighted by molar-refractivity contribution is -0.130. The topological polar surface area (TPSA) is 41.6 Å². The number of carbonyl (C=O) groups excluding carboxylic acids is 1. The van der Waals surface area contributed by atoms with Gasteiger partial charge in [-0.15, -0.1) is 0 Å². The zero-order valence-corrected chi connectivity index (χ0v) is 12.8. The maximum Gasteiger partial charge on any atom is 0.222 e. The predicted octanol–water partition coefficient (Wildman–Crippen LogP) is 2.09. The number of aryl methyl sites for hydroxylation is 1. The monoisotopic (exact) mass is 278 g/mol. The summed E-state index contributed by atoms with van der Waals surface area (Å²) in [5.41, 5.74) is 1.28. The summed E-state index contributed by atoms with van der Waals surface area (Å²) in [4.78, 5) is 13.7. The molecule has 112 valence electrons. The molecule has 0 fully saturated rings. The van der Waals surface area contributed by atoms with Gasteiger partial charge in [0.05, 0.1) is 7.11 Å². The molecule has 0 atom stereocenters. The van der Waals surface area contributed by atoms with Crippen LogP contribution in [0, 0.1) is 0 Å². The second-order valence-electron chi connectivity index (χ2n) is 4.97. The first-order chi connectivity index (χ1) is 9.67. The summed E-state index contributed by atoms with van der Waals surface area (Å²) >= 11 is 0. The van der Waals surface area contributed by atoms with Crippen molar-refractivity contribution >= 4 is 5.91 Å². The number of benzene rings is 1. The minimum Gasteiger partial charge on any atom is -0.497 e. The second-order valence-corrected chi connectivity index (χ2v) is 4.97. The fourth-order valence-corrected chi connectivity index (χ4v) is 2.04. The third-order valence-electron chi connectivity index (χ3n) is 3.36. The summed E-state index contributed by atoms with van der Waals surface area (Å²) in [6, 6.07) is 8.10. The molecule has 1 aromatic carbocycles. The van der Waals surface area contributed by atoms with Gasteiger partial charge in [-0.25, -0.2) is 0 Å². The molecule has 1 aromatic rings. The molecule has 0 bridgehead atoms. The van der Waals surface area contributed by atoms with E-state index in [-0.39, 0.29) is 5.91 Å². The van der Waals surface area contributed by atoms with E-state index in [9.17, 15) is 4.79 Å². The first-order valence-corrected chi connectivity index (χ1v) is 7.19. The van der Waals surface area contributed by atoms with Crippen molar-refractivity contribution in [1.29, 1.82) is 0 Å². The molecule has 0 aliphatic rings. The van der Waals surface area contributed by atoms with Gasteiger partial charge < -0.3 is 15.0 Å². The third-order valence-corrected chi connectivity index (χ3v) is 3.36. The molecule has 0 unspecified atom stereocenters. The number of hydrogen-bond donors (Lipinski definition) is 1. The lowest BCUT2D eigenvalue weighted by atomic mass is 10.1. The van der Waals surface area contributed by atoms with Gasteiger partial charge in [0.1, 0.15) is 5.75 Å². The molecule has 0 saturated heterocycles. The Bertz CT molecular complexity index is 390. The average Bonchev–Trinajstić information content (AvgIpc) is 2.48. The van der Waals surface area contributed by atoms with E-state index in [1.807, 2.05) is 31.1 Å². The molecule has 4 nitrogen and oxygen atoms in total. The Labute approximate surface area is 122 Å². The largest absolute Gasteiger partial charge is 0.497 e. The molecule has 1 rings (SSSR count). The van der Waals surface area contributed by atoms with Gasteiger partial charge >= 0.3 is 0 Å². The molecule has 1 N–H and O–H groups in total. The van der Waals surface area contributed by atoms with Crippen LogP contribution in [0.1, 0.15) is 24.8 Å². The van der Waals surface area contributed by atoms with Gasteiger partial charge in [-0.1, -0.05) is 12.1 Å². The Morgan fingerprint density at radius 1 is 1.25 bits per heavy atom. The van der Waals surface area contributed by atoms with Crippen molar-refractivity contribution < 1.29 is 9.53 Å². The maximum atomic E-state index is 11.8. The lowest BCUT2D eigenvalue weighted by Crippen LogP contribution is -2.28. The predicted molar refractivity (Wildman–Crippen MR) is 82.1 cm³/mol. The smallest absolute Gasteiger partial charge is 0.222 e. The standard InChI is InChI=1S/C16H26N2O2/c1-17-12-4-7-16(19)18(2)13-5-6-14-8-10-15(20-3)11-9-14/h8-11,17H,4-7,12-13H2,1-3H3.